The Kier molecular flexibility index (Phi) is 9.93. The molecule has 0 saturated carbocycles. The lowest BCUT2D eigenvalue weighted by Crippen LogP contribution is -2.38. The van der Waals surface area contributed by atoms with Gasteiger partial charge >= 0.3 is 0 Å². The standard InChI is InChI=1S/C19H23F2N3O.HI/c1-14(16-8-4-3-5-9-16)24-19(22-2)23-12-15-7-6-10-17(11-15)25-13-18(20)21;/h3-11,14,18H,12-13H2,1-2H3,(H2,22,23,24);1H. The summed E-state index contributed by atoms with van der Waals surface area (Å²) in [5.41, 5.74) is 2.08. The van der Waals surface area contributed by atoms with Crippen molar-refractivity contribution in [2.45, 2.75) is 25.9 Å². The van der Waals surface area contributed by atoms with Crippen molar-refractivity contribution in [2.75, 3.05) is 13.7 Å². The zero-order valence-corrected chi connectivity index (χ0v) is 17.1. The number of nitrogens with one attached hydrogen (secondary N) is 2. The first kappa shape index (κ1) is 22.1. The second kappa shape index (κ2) is 11.7. The summed E-state index contributed by atoms with van der Waals surface area (Å²) in [7, 11) is 1.70. The van der Waals surface area contributed by atoms with Crippen molar-refractivity contribution in [3.05, 3.63) is 65.7 Å². The average Bonchev–Trinajstić information content (AvgIpc) is 2.64. The molecule has 2 aromatic carbocycles. The van der Waals surface area contributed by atoms with E-state index >= 15 is 0 Å². The number of rotatable bonds is 7. The van der Waals surface area contributed by atoms with Crippen LogP contribution in [-0.4, -0.2) is 26.0 Å². The summed E-state index contributed by atoms with van der Waals surface area (Å²) in [6.45, 7) is 1.96. The maximum absolute atomic E-state index is 12.2. The summed E-state index contributed by atoms with van der Waals surface area (Å²) >= 11 is 0. The first-order valence-corrected chi connectivity index (χ1v) is 8.10. The lowest BCUT2D eigenvalue weighted by atomic mass is 10.1. The topological polar surface area (TPSA) is 45.7 Å². The third-order valence-corrected chi connectivity index (χ3v) is 3.61. The van der Waals surface area contributed by atoms with E-state index in [0.29, 0.717) is 18.3 Å². The number of guanidine groups is 1. The van der Waals surface area contributed by atoms with Gasteiger partial charge in [-0.15, -0.1) is 24.0 Å². The quantitative estimate of drug-likeness (QED) is 0.355. The third kappa shape index (κ3) is 7.55. The highest BCUT2D eigenvalue weighted by molar-refractivity contribution is 14.0. The molecule has 142 valence electrons. The number of alkyl halides is 2. The van der Waals surface area contributed by atoms with Gasteiger partial charge in [0.05, 0.1) is 6.04 Å². The molecular weight excluding hydrogens is 451 g/mol. The number of hydrogen-bond acceptors (Lipinski definition) is 2. The molecule has 1 atom stereocenters. The monoisotopic (exact) mass is 475 g/mol. The normalized spacial score (nSPS) is 12.3. The number of benzene rings is 2. The van der Waals surface area contributed by atoms with Gasteiger partial charge in [-0.2, -0.15) is 0 Å². The van der Waals surface area contributed by atoms with Crippen molar-refractivity contribution < 1.29 is 13.5 Å². The van der Waals surface area contributed by atoms with E-state index in [4.69, 9.17) is 4.74 Å². The van der Waals surface area contributed by atoms with Crippen molar-refractivity contribution in [2.24, 2.45) is 4.99 Å². The van der Waals surface area contributed by atoms with Gasteiger partial charge in [-0.1, -0.05) is 42.5 Å². The molecule has 1 unspecified atom stereocenters. The highest BCUT2D eigenvalue weighted by Crippen LogP contribution is 2.14. The highest BCUT2D eigenvalue weighted by atomic mass is 127. The molecule has 0 aliphatic carbocycles. The Morgan fingerprint density at radius 2 is 1.85 bits per heavy atom. The maximum atomic E-state index is 12.2. The van der Waals surface area contributed by atoms with Crippen LogP contribution in [0.1, 0.15) is 24.1 Å². The van der Waals surface area contributed by atoms with E-state index in [2.05, 4.69) is 34.7 Å². The highest BCUT2D eigenvalue weighted by Gasteiger charge is 2.08. The number of nitrogens with zero attached hydrogens (tertiary/aromatic N) is 1. The van der Waals surface area contributed by atoms with Crippen molar-refractivity contribution in [3.8, 4) is 5.75 Å². The molecule has 0 aliphatic rings. The lowest BCUT2D eigenvalue weighted by Gasteiger charge is -2.18. The molecule has 0 aliphatic heterocycles. The molecule has 4 nitrogen and oxygen atoms in total. The Morgan fingerprint density at radius 3 is 2.50 bits per heavy atom. The molecule has 7 heteroatoms. The first-order chi connectivity index (χ1) is 12.1. The van der Waals surface area contributed by atoms with Crippen molar-refractivity contribution in [1.82, 2.24) is 10.6 Å². The van der Waals surface area contributed by atoms with E-state index in [9.17, 15) is 8.78 Å². The van der Waals surface area contributed by atoms with Gasteiger partial charge in [-0.05, 0) is 30.2 Å². The van der Waals surface area contributed by atoms with Crippen LogP contribution in [0.2, 0.25) is 0 Å². The fourth-order valence-corrected chi connectivity index (χ4v) is 2.32. The van der Waals surface area contributed by atoms with Gasteiger partial charge in [0.15, 0.2) is 5.96 Å². The number of halogens is 3. The molecular formula is C19H24F2IN3O. The van der Waals surface area contributed by atoms with Gasteiger partial charge in [0.1, 0.15) is 12.4 Å². The van der Waals surface area contributed by atoms with Crippen LogP contribution in [0.4, 0.5) is 8.78 Å². The van der Waals surface area contributed by atoms with Crippen molar-refractivity contribution in [1.29, 1.82) is 0 Å². The zero-order valence-electron chi connectivity index (χ0n) is 14.8. The summed E-state index contributed by atoms with van der Waals surface area (Å²) in [5.74, 6) is 1.09. The maximum Gasteiger partial charge on any atom is 0.272 e. The molecule has 0 saturated heterocycles. The van der Waals surface area contributed by atoms with E-state index in [1.807, 2.05) is 24.3 Å². The van der Waals surface area contributed by atoms with E-state index < -0.39 is 13.0 Å². The minimum Gasteiger partial charge on any atom is -0.488 e. The molecule has 2 aromatic rings. The Morgan fingerprint density at radius 1 is 1.12 bits per heavy atom. The van der Waals surface area contributed by atoms with Gasteiger partial charge in [-0.3, -0.25) is 4.99 Å². The minimum absolute atomic E-state index is 0. The Bertz CT molecular complexity index is 683. The van der Waals surface area contributed by atoms with Crippen molar-refractivity contribution >= 4 is 29.9 Å². The molecule has 0 spiro atoms. The smallest absolute Gasteiger partial charge is 0.272 e. The summed E-state index contributed by atoms with van der Waals surface area (Å²) in [5, 5.41) is 6.53. The molecule has 0 aromatic heterocycles. The molecule has 0 bridgehead atoms. The first-order valence-electron chi connectivity index (χ1n) is 8.10. The Labute approximate surface area is 170 Å². The third-order valence-electron chi connectivity index (χ3n) is 3.61. The van der Waals surface area contributed by atoms with Gasteiger partial charge in [0, 0.05) is 13.6 Å². The van der Waals surface area contributed by atoms with Crippen LogP contribution in [0.25, 0.3) is 0 Å². The van der Waals surface area contributed by atoms with Crippen LogP contribution >= 0.6 is 24.0 Å². The Hall–Kier alpha value is -1.90. The van der Waals surface area contributed by atoms with Crippen LogP contribution in [0.15, 0.2) is 59.6 Å². The average molecular weight is 475 g/mol. The molecule has 0 fully saturated rings. The number of aliphatic imine (C=N–C) groups is 1. The second-order valence-corrected chi connectivity index (χ2v) is 5.55. The molecule has 2 N–H and O–H groups in total. The Balaban J connectivity index is 0.00000338. The van der Waals surface area contributed by atoms with Gasteiger partial charge in [0.25, 0.3) is 6.43 Å². The molecule has 0 heterocycles. The van der Waals surface area contributed by atoms with E-state index in [1.165, 1.54) is 0 Å². The SMILES string of the molecule is CN=C(NCc1cccc(OCC(F)F)c1)NC(C)c1ccccc1.I. The summed E-state index contributed by atoms with van der Waals surface area (Å²) in [6, 6.07) is 17.3. The lowest BCUT2D eigenvalue weighted by molar-refractivity contribution is 0.0818. The second-order valence-electron chi connectivity index (χ2n) is 5.55. The molecule has 0 amide bonds. The van der Waals surface area contributed by atoms with Crippen LogP contribution in [0, 0.1) is 0 Å². The summed E-state index contributed by atoms with van der Waals surface area (Å²) < 4.78 is 29.5. The zero-order chi connectivity index (χ0) is 18.1. The molecule has 0 radical (unpaired) electrons. The van der Waals surface area contributed by atoms with E-state index in [0.717, 1.165) is 11.1 Å². The molecule has 26 heavy (non-hydrogen) atoms. The fraction of sp³-hybridized carbons (Fsp3) is 0.316. The van der Waals surface area contributed by atoms with Gasteiger partial charge in [0.2, 0.25) is 0 Å². The van der Waals surface area contributed by atoms with Crippen LogP contribution in [0.5, 0.6) is 5.75 Å². The van der Waals surface area contributed by atoms with Gasteiger partial charge < -0.3 is 15.4 Å². The van der Waals surface area contributed by atoms with Crippen LogP contribution < -0.4 is 15.4 Å². The van der Waals surface area contributed by atoms with Crippen LogP contribution in [-0.2, 0) is 6.54 Å². The molecule has 2 rings (SSSR count). The predicted octanol–water partition coefficient (Wildman–Crippen LogP) is 4.37. The minimum atomic E-state index is -2.48. The predicted molar refractivity (Wildman–Crippen MR) is 112 cm³/mol. The van der Waals surface area contributed by atoms with E-state index in [1.54, 1.807) is 25.2 Å². The largest absolute Gasteiger partial charge is 0.488 e. The van der Waals surface area contributed by atoms with E-state index in [-0.39, 0.29) is 30.0 Å². The fourth-order valence-electron chi connectivity index (χ4n) is 2.32. The number of ether oxygens (including phenoxy) is 1. The number of hydrogen-bond donors (Lipinski definition) is 2. The summed E-state index contributed by atoms with van der Waals surface area (Å²) in [4.78, 5) is 4.21. The van der Waals surface area contributed by atoms with Gasteiger partial charge in [-0.25, -0.2) is 8.78 Å². The summed E-state index contributed by atoms with van der Waals surface area (Å²) in [6.07, 6.45) is -2.48. The van der Waals surface area contributed by atoms with Crippen LogP contribution in [0.3, 0.4) is 0 Å². The van der Waals surface area contributed by atoms with Crippen molar-refractivity contribution in [3.63, 3.8) is 0 Å².